The van der Waals surface area contributed by atoms with E-state index < -0.39 is 6.04 Å². The van der Waals surface area contributed by atoms with E-state index >= 15 is 0 Å². The fraction of sp³-hybridized carbons (Fsp3) is 0.714. The van der Waals surface area contributed by atoms with Crippen molar-refractivity contribution in [3.8, 4) is 0 Å². The Labute approximate surface area is 81.2 Å². The van der Waals surface area contributed by atoms with Crippen LogP contribution in [-0.2, 0) is 4.79 Å². The Hall–Kier alpha value is -0.970. The summed E-state index contributed by atoms with van der Waals surface area (Å²) in [5.74, 6) is 0.241. The van der Waals surface area contributed by atoms with Crippen molar-refractivity contribution in [1.29, 1.82) is 0 Å². The number of carbonyl (C=O) groups excluding carboxylic acids is 2. The van der Waals surface area contributed by atoms with Gasteiger partial charge in [0.1, 0.15) is 6.04 Å². The van der Waals surface area contributed by atoms with Gasteiger partial charge in [0.15, 0.2) is 0 Å². The van der Waals surface area contributed by atoms with Gasteiger partial charge in [0, 0.05) is 19.0 Å². The average Bonchev–Trinajstić information content (AvgIpc) is 2.48. The minimum atomic E-state index is -0.393. The minimum absolute atomic E-state index is 0.124. The summed E-state index contributed by atoms with van der Waals surface area (Å²) in [7, 11) is 0. The summed E-state index contributed by atoms with van der Waals surface area (Å²) < 4.78 is 0. The molecule has 1 atom stereocenters. The number of rotatable bonds is 3. The summed E-state index contributed by atoms with van der Waals surface area (Å²) in [4.78, 5) is 22.0. The second kappa shape index (κ2) is 4.91. The molecule has 0 spiro atoms. The number of amides is 3. The van der Waals surface area contributed by atoms with E-state index in [1.54, 1.807) is 0 Å². The highest BCUT2D eigenvalue weighted by atomic mass is 35.5. The molecule has 1 aliphatic heterocycles. The van der Waals surface area contributed by atoms with Gasteiger partial charge in [-0.3, -0.25) is 4.79 Å². The normalized spacial score (nSPS) is 21.0. The molecule has 0 aromatic heterocycles. The molecule has 1 fully saturated rings. The van der Waals surface area contributed by atoms with Gasteiger partial charge < -0.3 is 16.0 Å². The highest BCUT2D eigenvalue weighted by Gasteiger charge is 2.25. The van der Waals surface area contributed by atoms with Crippen LogP contribution in [0.1, 0.15) is 6.42 Å². The predicted octanol–water partition coefficient (Wildman–Crippen LogP) is -0.587. The molecule has 1 heterocycles. The van der Waals surface area contributed by atoms with E-state index in [9.17, 15) is 9.59 Å². The van der Waals surface area contributed by atoms with Crippen molar-refractivity contribution in [2.75, 3.05) is 19.0 Å². The van der Waals surface area contributed by atoms with Gasteiger partial charge >= 0.3 is 6.03 Å². The molecule has 6 heteroatoms. The monoisotopic (exact) mass is 205 g/mol. The number of carbonyl (C=O) groups is 2. The van der Waals surface area contributed by atoms with E-state index in [1.165, 1.54) is 0 Å². The summed E-state index contributed by atoms with van der Waals surface area (Å²) >= 11 is 5.37. The molecular weight excluding hydrogens is 194 g/mol. The van der Waals surface area contributed by atoms with Gasteiger partial charge in [-0.2, -0.15) is 0 Å². The first-order chi connectivity index (χ1) is 6.24. The third-order valence-corrected chi connectivity index (χ3v) is 1.92. The average molecular weight is 206 g/mol. The molecule has 3 N–H and O–H groups in total. The molecular formula is C7H12ClN3O2. The third kappa shape index (κ3) is 3.10. The number of urea groups is 1. The molecule has 1 saturated heterocycles. The first-order valence-electron chi connectivity index (χ1n) is 4.12. The Morgan fingerprint density at radius 2 is 2.46 bits per heavy atom. The van der Waals surface area contributed by atoms with Gasteiger partial charge in [-0.15, -0.1) is 11.6 Å². The van der Waals surface area contributed by atoms with Crippen LogP contribution in [0.15, 0.2) is 0 Å². The van der Waals surface area contributed by atoms with Gasteiger partial charge in [0.25, 0.3) is 0 Å². The van der Waals surface area contributed by atoms with Crippen LogP contribution >= 0.6 is 11.6 Å². The second-order valence-corrected chi connectivity index (χ2v) is 3.10. The van der Waals surface area contributed by atoms with Crippen LogP contribution in [0.3, 0.4) is 0 Å². The zero-order chi connectivity index (χ0) is 9.68. The highest BCUT2D eigenvalue weighted by Crippen LogP contribution is 1.98. The minimum Gasteiger partial charge on any atom is -0.354 e. The number of nitrogens with one attached hydrogen (secondary N) is 3. The van der Waals surface area contributed by atoms with Gasteiger partial charge in [-0.05, 0) is 6.42 Å². The Balaban J connectivity index is 2.23. The zero-order valence-electron chi connectivity index (χ0n) is 7.10. The standard InChI is InChI=1S/C7H12ClN3O2/c8-2-4-10-7(13)11-5-1-3-9-6(5)12/h5H,1-4H2,(H,9,12)(H2,10,11,13). The molecule has 0 aromatic carbocycles. The summed E-state index contributed by atoms with van der Waals surface area (Å²) in [5, 5.41) is 7.68. The lowest BCUT2D eigenvalue weighted by atomic mass is 10.2. The lowest BCUT2D eigenvalue weighted by molar-refractivity contribution is -0.120. The number of alkyl halides is 1. The molecule has 1 unspecified atom stereocenters. The molecule has 0 bridgehead atoms. The van der Waals surface area contributed by atoms with E-state index in [4.69, 9.17) is 11.6 Å². The maximum absolute atomic E-state index is 11.0. The van der Waals surface area contributed by atoms with E-state index in [2.05, 4.69) is 16.0 Å². The predicted molar refractivity (Wildman–Crippen MR) is 48.7 cm³/mol. The van der Waals surface area contributed by atoms with Crippen LogP contribution in [0.5, 0.6) is 0 Å². The molecule has 13 heavy (non-hydrogen) atoms. The smallest absolute Gasteiger partial charge is 0.315 e. The first kappa shape index (κ1) is 10.1. The molecule has 0 aliphatic carbocycles. The maximum atomic E-state index is 11.0. The van der Waals surface area contributed by atoms with Gasteiger partial charge in [-0.25, -0.2) is 4.79 Å². The van der Waals surface area contributed by atoms with Crippen molar-refractivity contribution in [2.45, 2.75) is 12.5 Å². The highest BCUT2D eigenvalue weighted by molar-refractivity contribution is 6.18. The van der Waals surface area contributed by atoms with Crippen molar-refractivity contribution in [3.05, 3.63) is 0 Å². The quantitative estimate of drug-likeness (QED) is 0.540. The SMILES string of the molecule is O=C(NCCCl)NC1CCNC1=O. The van der Waals surface area contributed by atoms with Gasteiger partial charge in [0.2, 0.25) is 5.91 Å². The summed E-state index contributed by atoms with van der Waals surface area (Å²) in [5.41, 5.74) is 0. The Bertz CT molecular complexity index is 210. The lowest BCUT2D eigenvalue weighted by Gasteiger charge is -2.09. The molecule has 3 amide bonds. The van der Waals surface area contributed by atoms with E-state index in [0.717, 1.165) is 0 Å². The number of hydrogen-bond donors (Lipinski definition) is 3. The van der Waals surface area contributed by atoms with Crippen molar-refractivity contribution in [1.82, 2.24) is 16.0 Å². The Morgan fingerprint density at radius 3 is 3.00 bits per heavy atom. The van der Waals surface area contributed by atoms with Gasteiger partial charge in [0.05, 0.1) is 0 Å². The number of hydrogen-bond acceptors (Lipinski definition) is 2. The number of halogens is 1. The Morgan fingerprint density at radius 1 is 1.69 bits per heavy atom. The van der Waals surface area contributed by atoms with E-state index in [-0.39, 0.29) is 11.9 Å². The molecule has 1 rings (SSSR count). The zero-order valence-corrected chi connectivity index (χ0v) is 7.86. The Kier molecular flexibility index (Phi) is 3.82. The summed E-state index contributed by atoms with van der Waals surface area (Å²) in [6.07, 6.45) is 0.646. The van der Waals surface area contributed by atoms with Crippen LogP contribution in [0, 0.1) is 0 Å². The van der Waals surface area contributed by atoms with E-state index in [1.807, 2.05) is 0 Å². The second-order valence-electron chi connectivity index (χ2n) is 2.72. The fourth-order valence-corrected chi connectivity index (χ4v) is 1.20. The summed E-state index contributed by atoms with van der Waals surface area (Å²) in [6, 6.07) is -0.738. The maximum Gasteiger partial charge on any atom is 0.315 e. The van der Waals surface area contributed by atoms with Crippen LogP contribution in [0.2, 0.25) is 0 Å². The van der Waals surface area contributed by atoms with Crippen molar-refractivity contribution in [3.63, 3.8) is 0 Å². The fourth-order valence-electron chi connectivity index (χ4n) is 1.10. The third-order valence-electron chi connectivity index (χ3n) is 1.73. The molecule has 1 aliphatic rings. The van der Waals surface area contributed by atoms with Crippen LogP contribution in [0.25, 0.3) is 0 Å². The van der Waals surface area contributed by atoms with Crippen LogP contribution < -0.4 is 16.0 Å². The summed E-state index contributed by atoms with van der Waals surface area (Å²) in [6.45, 7) is 1.03. The largest absolute Gasteiger partial charge is 0.354 e. The van der Waals surface area contributed by atoms with Crippen molar-refractivity contribution in [2.24, 2.45) is 0 Å². The molecule has 0 aromatic rings. The van der Waals surface area contributed by atoms with Crippen LogP contribution in [-0.4, -0.2) is 36.9 Å². The molecule has 0 saturated carbocycles. The van der Waals surface area contributed by atoms with Crippen molar-refractivity contribution >= 4 is 23.5 Å². The van der Waals surface area contributed by atoms with Crippen LogP contribution in [0.4, 0.5) is 4.79 Å². The first-order valence-corrected chi connectivity index (χ1v) is 4.65. The molecule has 5 nitrogen and oxygen atoms in total. The van der Waals surface area contributed by atoms with Crippen molar-refractivity contribution < 1.29 is 9.59 Å². The van der Waals surface area contributed by atoms with Gasteiger partial charge in [-0.1, -0.05) is 0 Å². The topological polar surface area (TPSA) is 70.2 Å². The lowest BCUT2D eigenvalue weighted by Crippen LogP contribution is -2.45. The molecule has 0 radical (unpaired) electrons. The van der Waals surface area contributed by atoms with E-state index in [0.29, 0.717) is 25.4 Å². The molecule has 74 valence electrons.